The fraction of sp³-hybridized carbons (Fsp3) is 0.812. The number of hydrogen-bond acceptors (Lipinski definition) is 2. The van der Waals surface area contributed by atoms with E-state index in [9.17, 15) is 17.1 Å². The van der Waals surface area contributed by atoms with Crippen molar-refractivity contribution >= 4 is 15.0 Å². The van der Waals surface area contributed by atoms with Crippen LogP contribution in [0.3, 0.4) is 0 Å². The van der Waals surface area contributed by atoms with E-state index >= 15 is 0 Å². The average Bonchev–Trinajstić information content (AvgIpc) is 2.43. The Balaban J connectivity index is 3.24. The fourth-order valence-electron chi connectivity index (χ4n) is 2.30. The largest absolute Gasteiger partial charge is 0.616 e. The third-order valence-electron chi connectivity index (χ3n) is 3.55. The lowest BCUT2D eigenvalue weighted by atomic mass is 10.1. The molecule has 0 rings (SSSR count). The molecule has 2 nitrogen and oxygen atoms in total. The smallest absolute Gasteiger partial charge is 0.460 e. The zero-order valence-corrected chi connectivity index (χ0v) is 14.6. The van der Waals surface area contributed by atoms with Crippen LogP contribution in [0.4, 0.5) is 12.3 Å². The zero-order chi connectivity index (χ0) is 16.8. The minimum Gasteiger partial charge on any atom is -0.460 e. The van der Waals surface area contributed by atoms with Crippen molar-refractivity contribution in [3.8, 4) is 0 Å². The Bertz CT molecular complexity index is 306. The summed E-state index contributed by atoms with van der Waals surface area (Å²) in [5, 5.41) is 0. The third-order valence-corrected chi connectivity index (χ3v) is 4.48. The summed E-state index contributed by atoms with van der Waals surface area (Å²) in [5.41, 5.74) is 0. The molecule has 0 aromatic carbocycles. The zero-order valence-electron chi connectivity index (χ0n) is 13.6. The topological polar surface area (TPSA) is 26.3 Å². The maximum absolute atomic E-state index is 12.1. The van der Waals surface area contributed by atoms with E-state index < -0.39 is 15.1 Å². The summed E-state index contributed by atoms with van der Waals surface area (Å²) in [4.78, 5) is 11.0. The molecular weight excluding hydrogens is 309 g/mol. The van der Waals surface area contributed by atoms with E-state index in [1.807, 2.05) is 6.92 Å². The Labute approximate surface area is 133 Å². The Kier molecular flexibility index (Phi) is 12.3. The molecule has 0 spiro atoms. The number of carbonyl (C=O) groups is 1. The summed E-state index contributed by atoms with van der Waals surface area (Å²) >= 11 is 0. The van der Waals surface area contributed by atoms with Crippen LogP contribution < -0.4 is 0 Å². The predicted molar refractivity (Wildman–Crippen MR) is 85.8 cm³/mol. The molecular formula is C16H29F3O2Si. The monoisotopic (exact) mass is 338 g/mol. The molecule has 1 atom stereocenters. The summed E-state index contributed by atoms with van der Waals surface area (Å²) in [6.45, 7) is 5.23. The van der Waals surface area contributed by atoms with Crippen molar-refractivity contribution in [1.29, 1.82) is 0 Å². The van der Waals surface area contributed by atoms with Gasteiger partial charge in [0, 0.05) is 12.1 Å². The van der Waals surface area contributed by atoms with Crippen LogP contribution in [-0.2, 0) is 9.53 Å². The van der Waals surface area contributed by atoms with Crippen molar-refractivity contribution < 1.29 is 21.9 Å². The number of ether oxygens (including phenoxy) is 1. The van der Waals surface area contributed by atoms with Crippen molar-refractivity contribution in [2.75, 3.05) is 0 Å². The molecule has 0 fully saturated rings. The fourth-order valence-corrected chi connectivity index (χ4v) is 2.95. The quantitative estimate of drug-likeness (QED) is 0.130. The van der Waals surface area contributed by atoms with Gasteiger partial charge in [-0.25, -0.2) is 17.1 Å². The summed E-state index contributed by atoms with van der Waals surface area (Å²) in [6.07, 6.45) is 10.5. The second-order valence-corrected chi connectivity index (χ2v) is 7.52. The van der Waals surface area contributed by atoms with E-state index in [4.69, 9.17) is 4.74 Å². The predicted octanol–water partition coefficient (Wildman–Crippen LogP) is 5.85. The van der Waals surface area contributed by atoms with Crippen LogP contribution in [0, 0.1) is 0 Å². The number of unbranched alkanes of at least 4 members (excludes halogenated alkanes) is 8. The summed E-state index contributed by atoms with van der Waals surface area (Å²) in [5.74, 6) is -0.374. The van der Waals surface area contributed by atoms with Gasteiger partial charge in [-0.2, -0.15) is 0 Å². The van der Waals surface area contributed by atoms with E-state index in [0.717, 1.165) is 51.4 Å². The summed E-state index contributed by atoms with van der Waals surface area (Å²) < 4.78 is 41.2. The standard InChI is InChI=1S/C16H29F3O2Si/c1-3-16(20)21-15(2)13-11-9-7-5-4-6-8-10-12-14-22(17,18)19/h3,15H,1,4-14H2,2H3. The van der Waals surface area contributed by atoms with Gasteiger partial charge in [0.2, 0.25) is 0 Å². The van der Waals surface area contributed by atoms with Gasteiger partial charge in [-0.05, 0) is 26.2 Å². The molecule has 0 aliphatic rings. The average molecular weight is 338 g/mol. The normalized spacial score (nSPS) is 12.9. The lowest BCUT2D eigenvalue weighted by molar-refractivity contribution is -0.142. The molecule has 0 radical (unpaired) electrons. The van der Waals surface area contributed by atoms with Crippen LogP contribution >= 0.6 is 0 Å². The van der Waals surface area contributed by atoms with Gasteiger partial charge >= 0.3 is 15.0 Å². The van der Waals surface area contributed by atoms with Gasteiger partial charge in [0.15, 0.2) is 0 Å². The molecule has 6 heteroatoms. The molecule has 0 bridgehead atoms. The first-order chi connectivity index (χ1) is 10.3. The molecule has 22 heavy (non-hydrogen) atoms. The lowest BCUT2D eigenvalue weighted by Crippen LogP contribution is -2.13. The molecule has 0 amide bonds. The molecule has 0 aliphatic heterocycles. The second kappa shape index (κ2) is 12.7. The van der Waals surface area contributed by atoms with E-state index in [2.05, 4.69) is 6.58 Å². The molecule has 130 valence electrons. The van der Waals surface area contributed by atoms with Crippen LogP contribution in [-0.4, -0.2) is 21.1 Å². The van der Waals surface area contributed by atoms with Crippen molar-refractivity contribution in [3.63, 3.8) is 0 Å². The Morgan fingerprint density at radius 3 is 1.91 bits per heavy atom. The molecule has 0 heterocycles. The maximum Gasteiger partial charge on any atom is 0.616 e. The van der Waals surface area contributed by atoms with Crippen molar-refractivity contribution in [3.05, 3.63) is 12.7 Å². The van der Waals surface area contributed by atoms with Gasteiger partial charge in [-0.1, -0.05) is 51.5 Å². The number of rotatable bonds is 14. The number of hydrogen-bond donors (Lipinski definition) is 0. The number of halogens is 3. The van der Waals surface area contributed by atoms with E-state index in [-0.39, 0.29) is 12.1 Å². The van der Waals surface area contributed by atoms with E-state index in [0.29, 0.717) is 12.8 Å². The molecule has 0 aromatic heterocycles. The second-order valence-electron chi connectivity index (χ2n) is 5.79. The van der Waals surface area contributed by atoms with Crippen molar-refractivity contribution in [2.24, 2.45) is 0 Å². The highest BCUT2D eigenvalue weighted by Gasteiger charge is 2.35. The van der Waals surface area contributed by atoms with Crippen molar-refractivity contribution in [1.82, 2.24) is 0 Å². The molecule has 0 N–H and O–H groups in total. The third kappa shape index (κ3) is 15.6. The first kappa shape index (κ1) is 21.2. The van der Waals surface area contributed by atoms with Gasteiger partial charge in [0.25, 0.3) is 0 Å². The van der Waals surface area contributed by atoms with Crippen molar-refractivity contribution in [2.45, 2.75) is 83.3 Å². The van der Waals surface area contributed by atoms with Gasteiger partial charge in [0.1, 0.15) is 0 Å². The molecule has 0 aromatic rings. The first-order valence-corrected chi connectivity index (χ1v) is 10.1. The van der Waals surface area contributed by atoms with Gasteiger partial charge in [0.05, 0.1) is 6.10 Å². The molecule has 0 saturated carbocycles. The van der Waals surface area contributed by atoms with Gasteiger partial charge in [-0.3, -0.25) is 0 Å². The Hall–Kier alpha value is -0.783. The summed E-state index contributed by atoms with van der Waals surface area (Å²) in [6, 6.07) is -0.512. The lowest BCUT2D eigenvalue weighted by Gasteiger charge is -2.11. The molecule has 0 saturated heterocycles. The maximum atomic E-state index is 12.1. The molecule has 1 unspecified atom stereocenters. The van der Waals surface area contributed by atoms with E-state index in [1.165, 1.54) is 6.08 Å². The van der Waals surface area contributed by atoms with Crippen LogP contribution in [0.5, 0.6) is 0 Å². The highest BCUT2D eigenvalue weighted by atomic mass is 28.5. The highest BCUT2D eigenvalue weighted by Crippen LogP contribution is 2.19. The SMILES string of the molecule is C=CC(=O)OC(C)CCCCCCCCCCC[Si](F)(F)F. The van der Waals surface area contributed by atoms with Crippen LogP contribution in [0.25, 0.3) is 0 Å². The van der Waals surface area contributed by atoms with Gasteiger partial charge < -0.3 is 4.74 Å². The Morgan fingerprint density at radius 2 is 1.45 bits per heavy atom. The van der Waals surface area contributed by atoms with Gasteiger partial charge in [-0.15, -0.1) is 0 Å². The van der Waals surface area contributed by atoms with Crippen LogP contribution in [0.2, 0.25) is 6.04 Å². The highest BCUT2D eigenvalue weighted by molar-refractivity contribution is 6.58. The van der Waals surface area contributed by atoms with Crippen LogP contribution in [0.1, 0.15) is 71.1 Å². The van der Waals surface area contributed by atoms with Crippen LogP contribution in [0.15, 0.2) is 12.7 Å². The summed E-state index contributed by atoms with van der Waals surface area (Å²) in [7, 11) is -5.31. The minimum absolute atomic E-state index is 0.0670. The minimum atomic E-state index is -5.31. The van der Waals surface area contributed by atoms with E-state index in [1.54, 1.807) is 0 Å². The first-order valence-electron chi connectivity index (χ1n) is 8.25. The number of carbonyl (C=O) groups excluding carboxylic acids is 1. The Morgan fingerprint density at radius 1 is 1.00 bits per heavy atom. The molecule has 0 aliphatic carbocycles. The number of esters is 1.